The Hall–Kier alpha value is -0.230. The number of aryl methyl sites for hydroxylation is 1. The topological polar surface area (TPSA) is 63.1 Å². The van der Waals surface area contributed by atoms with Crippen molar-refractivity contribution in [3.05, 3.63) is 21.7 Å². The molecule has 13 heavy (non-hydrogen) atoms. The van der Waals surface area contributed by atoms with Crippen LogP contribution >= 0.6 is 23.2 Å². The minimum absolute atomic E-state index is 0.106. The van der Waals surface area contributed by atoms with Crippen LogP contribution in [0.4, 0.5) is 0 Å². The fourth-order valence-corrected chi connectivity index (χ4v) is 1.42. The molecule has 1 aromatic rings. The zero-order valence-electron chi connectivity index (χ0n) is 6.62. The molecule has 0 saturated carbocycles. The average molecular weight is 241 g/mol. The van der Waals surface area contributed by atoms with Gasteiger partial charge in [0.15, 0.2) is 16.2 Å². The highest BCUT2D eigenvalue weighted by atomic mass is 35.5. The van der Waals surface area contributed by atoms with Gasteiger partial charge in [-0.2, -0.15) is 0 Å². The van der Waals surface area contributed by atoms with Gasteiger partial charge >= 0.3 is 0 Å². The predicted molar refractivity (Wildman–Crippen MR) is 51.3 cm³/mol. The highest BCUT2D eigenvalue weighted by molar-refractivity contribution is 7.78. The Morgan fingerprint density at radius 3 is 2.54 bits per heavy atom. The highest BCUT2D eigenvalue weighted by Gasteiger charge is 2.09. The Balaban J connectivity index is 3.06. The molecule has 72 valence electrons. The molecule has 7 heteroatoms. The van der Waals surface area contributed by atoms with Gasteiger partial charge in [-0.15, -0.1) is 0 Å². The summed E-state index contributed by atoms with van der Waals surface area (Å²) in [6, 6.07) is 0. The van der Waals surface area contributed by atoms with Crippen molar-refractivity contribution < 1.29 is 8.76 Å². The summed E-state index contributed by atoms with van der Waals surface area (Å²) >= 11 is 9.36. The second-order valence-corrected chi connectivity index (χ2v) is 3.96. The maximum absolute atomic E-state index is 10.4. The molecule has 0 aromatic carbocycles. The molecule has 0 spiro atoms. The molecule has 1 heterocycles. The highest BCUT2D eigenvalue weighted by Crippen LogP contribution is 2.21. The van der Waals surface area contributed by atoms with E-state index in [9.17, 15) is 4.21 Å². The van der Waals surface area contributed by atoms with Crippen molar-refractivity contribution in [2.45, 2.75) is 12.7 Å². The van der Waals surface area contributed by atoms with Crippen molar-refractivity contribution in [2.24, 2.45) is 0 Å². The van der Waals surface area contributed by atoms with Crippen LogP contribution in [0.15, 0.2) is 0 Å². The van der Waals surface area contributed by atoms with Crippen molar-refractivity contribution in [3.63, 3.8) is 0 Å². The van der Waals surface area contributed by atoms with Gasteiger partial charge in [-0.3, -0.25) is 0 Å². The number of hydrogen-bond acceptors (Lipinski definition) is 3. The van der Waals surface area contributed by atoms with Gasteiger partial charge in [-0.05, 0) is 6.92 Å². The SMILES string of the molecule is Cc1nc(CS(=O)O)nc(Cl)c1Cl. The first-order valence-electron chi connectivity index (χ1n) is 3.26. The fraction of sp³-hybridized carbons (Fsp3) is 0.333. The van der Waals surface area contributed by atoms with Crippen molar-refractivity contribution in [2.75, 3.05) is 0 Å². The molecular formula is C6H6Cl2N2O2S. The van der Waals surface area contributed by atoms with Gasteiger partial charge in [0.2, 0.25) is 0 Å². The number of nitrogens with zero attached hydrogens (tertiary/aromatic N) is 2. The van der Waals surface area contributed by atoms with Crippen molar-refractivity contribution in [1.29, 1.82) is 0 Å². The first-order chi connectivity index (χ1) is 6.00. The van der Waals surface area contributed by atoms with Crippen LogP contribution in [-0.4, -0.2) is 18.7 Å². The summed E-state index contributed by atoms with van der Waals surface area (Å²) in [5.41, 5.74) is 0.502. The van der Waals surface area contributed by atoms with E-state index < -0.39 is 11.1 Å². The van der Waals surface area contributed by atoms with E-state index in [0.29, 0.717) is 5.69 Å². The van der Waals surface area contributed by atoms with E-state index in [1.54, 1.807) is 6.92 Å². The molecule has 0 aliphatic rings. The molecule has 0 aliphatic heterocycles. The summed E-state index contributed by atoms with van der Waals surface area (Å²) in [5, 5.41) is 0.378. The Morgan fingerprint density at radius 2 is 2.08 bits per heavy atom. The van der Waals surface area contributed by atoms with Crippen molar-refractivity contribution in [3.8, 4) is 0 Å². The third-order valence-electron chi connectivity index (χ3n) is 1.28. The van der Waals surface area contributed by atoms with E-state index in [-0.39, 0.29) is 21.8 Å². The molecule has 1 N–H and O–H groups in total. The lowest BCUT2D eigenvalue weighted by molar-refractivity contribution is 0.562. The van der Waals surface area contributed by atoms with Crippen LogP contribution in [0, 0.1) is 6.92 Å². The first kappa shape index (κ1) is 10.8. The molecule has 0 radical (unpaired) electrons. The van der Waals surface area contributed by atoms with Gasteiger partial charge in [0, 0.05) is 0 Å². The quantitative estimate of drug-likeness (QED) is 0.633. The number of halogens is 2. The molecule has 4 nitrogen and oxygen atoms in total. The summed E-state index contributed by atoms with van der Waals surface area (Å²) in [5.74, 6) is 0.0744. The number of aromatic nitrogens is 2. The minimum atomic E-state index is -1.97. The largest absolute Gasteiger partial charge is 0.306 e. The van der Waals surface area contributed by atoms with E-state index in [2.05, 4.69) is 9.97 Å². The molecule has 1 aromatic heterocycles. The summed E-state index contributed by atoms with van der Waals surface area (Å²) in [4.78, 5) is 7.64. The Kier molecular flexibility index (Phi) is 3.61. The Labute approximate surface area is 87.6 Å². The summed E-state index contributed by atoms with van der Waals surface area (Å²) in [6.07, 6.45) is 0. The number of hydrogen-bond donors (Lipinski definition) is 1. The van der Waals surface area contributed by atoms with E-state index >= 15 is 0 Å². The van der Waals surface area contributed by atoms with Crippen LogP contribution in [0.1, 0.15) is 11.5 Å². The van der Waals surface area contributed by atoms with E-state index in [1.165, 1.54) is 0 Å². The molecule has 0 bridgehead atoms. The third-order valence-corrected chi connectivity index (χ3v) is 2.60. The van der Waals surface area contributed by atoms with Crippen LogP contribution in [0.3, 0.4) is 0 Å². The Morgan fingerprint density at radius 1 is 1.46 bits per heavy atom. The van der Waals surface area contributed by atoms with Crippen molar-refractivity contribution >= 4 is 34.3 Å². The van der Waals surface area contributed by atoms with E-state index in [0.717, 1.165) is 0 Å². The summed E-state index contributed by atoms with van der Waals surface area (Å²) in [7, 11) is 0. The molecule has 0 saturated heterocycles. The molecule has 1 atom stereocenters. The zero-order valence-corrected chi connectivity index (χ0v) is 8.95. The normalized spacial score (nSPS) is 12.9. The van der Waals surface area contributed by atoms with Crippen LogP contribution in [-0.2, 0) is 16.8 Å². The number of rotatable bonds is 2. The average Bonchev–Trinajstić information content (AvgIpc) is 1.98. The monoisotopic (exact) mass is 240 g/mol. The second kappa shape index (κ2) is 4.32. The van der Waals surface area contributed by atoms with Gasteiger partial charge in [-0.25, -0.2) is 14.2 Å². The predicted octanol–water partition coefficient (Wildman–Crippen LogP) is 1.81. The lowest BCUT2D eigenvalue weighted by Crippen LogP contribution is -2.02. The molecular weight excluding hydrogens is 235 g/mol. The summed E-state index contributed by atoms with van der Waals surface area (Å²) in [6.45, 7) is 1.65. The van der Waals surface area contributed by atoms with Crippen LogP contribution in [0.25, 0.3) is 0 Å². The maximum atomic E-state index is 10.4. The second-order valence-electron chi connectivity index (χ2n) is 2.30. The van der Waals surface area contributed by atoms with Gasteiger partial charge in [0.25, 0.3) is 0 Å². The summed E-state index contributed by atoms with van der Waals surface area (Å²) < 4.78 is 19.0. The molecule has 0 aliphatic carbocycles. The smallest absolute Gasteiger partial charge is 0.160 e. The third kappa shape index (κ3) is 2.87. The van der Waals surface area contributed by atoms with Gasteiger partial charge < -0.3 is 4.55 Å². The van der Waals surface area contributed by atoms with Crippen LogP contribution in [0.5, 0.6) is 0 Å². The molecule has 0 amide bonds. The molecule has 0 fully saturated rings. The minimum Gasteiger partial charge on any atom is -0.306 e. The standard InChI is InChI=1S/C6H6Cl2N2O2S/c1-3-5(7)6(8)10-4(9-3)2-13(11)12/h2H2,1H3,(H,11,12). The zero-order chi connectivity index (χ0) is 10.0. The Bertz CT molecular complexity index is 335. The fourth-order valence-electron chi connectivity index (χ4n) is 0.754. The van der Waals surface area contributed by atoms with Gasteiger partial charge in [-0.1, -0.05) is 23.2 Å². The lowest BCUT2D eigenvalue weighted by Gasteiger charge is -2.01. The van der Waals surface area contributed by atoms with Crippen LogP contribution in [0.2, 0.25) is 10.2 Å². The van der Waals surface area contributed by atoms with Crippen molar-refractivity contribution in [1.82, 2.24) is 9.97 Å². The maximum Gasteiger partial charge on any atom is 0.160 e. The van der Waals surface area contributed by atoms with E-state index in [1.807, 2.05) is 0 Å². The van der Waals surface area contributed by atoms with Crippen LogP contribution < -0.4 is 0 Å². The first-order valence-corrected chi connectivity index (χ1v) is 5.30. The van der Waals surface area contributed by atoms with Gasteiger partial charge in [0.1, 0.15) is 11.6 Å². The molecule has 1 rings (SSSR count). The lowest BCUT2D eigenvalue weighted by atomic mass is 10.4. The van der Waals surface area contributed by atoms with E-state index in [4.69, 9.17) is 27.8 Å². The van der Waals surface area contributed by atoms with Gasteiger partial charge in [0.05, 0.1) is 10.7 Å². The molecule has 1 unspecified atom stereocenters.